The first-order chi connectivity index (χ1) is 8.04. The molecule has 2 atom stereocenters. The van der Waals surface area contributed by atoms with Gasteiger partial charge in [0, 0.05) is 16.0 Å². The third kappa shape index (κ3) is 3.39. The average molecular weight is 269 g/mol. The molecule has 2 unspecified atom stereocenters. The summed E-state index contributed by atoms with van der Waals surface area (Å²) in [4.78, 5) is 4.61. The number of thioether (sulfide) groups is 1. The van der Waals surface area contributed by atoms with Crippen LogP contribution >= 0.6 is 23.4 Å². The lowest BCUT2D eigenvalue weighted by molar-refractivity contribution is 0.661. The van der Waals surface area contributed by atoms with E-state index in [0.29, 0.717) is 11.3 Å². The standard InChI is InChI=1S/C13H17ClN2S/c1-8-4-5-11(7-12(8)14)16-13-15-9(2)6-10(3)17-13/h4-5,7,9-10H,6H2,1-3H3,(H,15,16). The number of anilines is 1. The van der Waals surface area contributed by atoms with Crippen LogP contribution in [-0.4, -0.2) is 16.5 Å². The van der Waals surface area contributed by atoms with E-state index in [9.17, 15) is 0 Å². The zero-order valence-corrected chi connectivity index (χ0v) is 11.9. The second-order valence-electron chi connectivity index (χ2n) is 4.54. The lowest BCUT2D eigenvalue weighted by Gasteiger charge is -2.23. The minimum Gasteiger partial charge on any atom is -0.335 e. The van der Waals surface area contributed by atoms with Gasteiger partial charge in [0.05, 0.1) is 6.04 Å². The molecule has 0 aromatic heterocycles. The molecule has 0 saturated carbocycles. The molecule has 0 saturated heterocycles. The maximum Gasteiger partial charge on any atom is 0.161 e. The number of aliphatic imine (C=N–C) groups is 1. The molecule has 0 aliphatic carbocycles. The molecule has 92 valence electrons. The first-order valence-corrected chi connectivity index (χ1v) is 7.08. The van der Waals surface area contributed by atoms with Crippen molar-refractivity contribution in [2.24, 2.45) is 4.99 Å². The molecule has 0 radical (unpaired) electrons. The highest BCUT2D eigenvalue weighted by atomic mass is 35.5. The summed E-state index contributed by atoms with van der Waals surface area (Å²) in [7, 11) is 0. The Morgan fingerprint density at radius 1 is 1.41 bits per heavy atom. The Bertz CT molecular complexity index is 445. The van der Waals surface area contributed by atoms with Crippen LogP contribution in [-0.2, 0) is 0 Å². The minimum absolute atomic E-state index is 0.398. The molecule has 2 nitrogen and oxygen atoms in total. The van der Waals surface area contributed by atoms with Gasteiger partial charge < -0.3 is 5.32 Å². The van der Waals surface area contributed by atoms with Crippen molar-refractivity contribution in [1.82, 2.24) is 0 Å². The van der Waals surface area contributed by atoms with Gasteiger partial charge in [-0.1, -0.05) is 36.4 Å². The number of rotatable bonds is 1. The average Bonchev–Trinajstić information content (AvgIpc) is 2.22. The second-order valence-corrected chi connectivity index (χ2v) is 6.37. The van der Waals surface area contributed by atoms with Crippen LogP contribution in [0, 0.1) is 6.92 Å². The van der Waals surface area contributed by atoms with E-state index in [1.54, 1.807) is 11.8 Å². The lowest BCUT2D eigenvalue weighted by Crippen LogP contribution is -2.22. The van der Waals surface area contributed by atoms with Crippen LogP contribution in [0.15, 0.2) is 23.2 Å². The van der Waals surface area contributed by atoms with Gasteiger partial charge in [-0.15, -0.1) is 0 Å². The lowest BCUT2D eigenvalue weighted by atomic mass is 10.2. The predicted molar refractivity (Wildman–Crippen MR) is 78.4 cm³/mol. The van der Waals surface area contributed by atoms with E-state index in [0.717, 1.165) is 27.9 Å². The molecule has 4 heteroatoms. The Labute approximate surface area is 112 Å². The third-order valence-electron chi connectivity index (χ3n) is 2.75. The van der Waals surface area contributed by atoms with Gasteiger partial charge in [0.25, 0.3) is 0 Å². The molecule has 17 heavy (non-hydrogen) atoms. The summed E-state index contributed by atoms with van der Waals surface area (Å²) in [5.74, 6) is 0. The van der Waals surface area contributed by atoms with Gasteiger partial charge in [-0.05, 0) is 38.0 Å². The molecule has 0 spiro atoms. The Balaban J connectivity index is 2.12. The first-order valence-electron chi connectivity index (χ1n) is 5.82. The molecule has 0 bridgehead atoms. The maximum absolute atomic E-state index is 6.10. The van der Waals surface area contributed by atoms with E-state index < -0.39 is 0 Å². The SMILES string of the molecule is Cc1ccc(NC2=NC(C)CC(C)S2)cc1Cl. The molecule has 1 aromatic carbocycles. The van der Waals surface area contributed by atoms with Crippen LogP contribution in [0.25, 0.3) is 0 Å². The molecular weight excluding hydrogens is 252 g/mol. The third-order valence-corrected chi connectivity index (χ3v) is 4.18. The monoisotopic (exact) mass is 268 g/mol. The fourth-order valence-electron chi connectivity index (χ4n) is 1.86. The summed E-state index contributed by atoms with van der Waals surface area (Å²) in [6, 6.07) is 6.40. The van der Waals surface area contributed by atoms with Crippen molar-refractivity contribution in [1.29, 1.82) is 0 Å². The molecule has 0 fully saturated rings. The number of hydrogen-bond donors (Lipinski definition) is 1. The van der Waals surface area contributed by atoms with Gasteiger partial charge in [0.2, 0.25) is 0 Å². The zero-order chi connectivity index (χ0) is 12.4. The number of hydrogen-bond acceptors (Lipinski definition) is 3. The van der Waals surface area contributed by atoms with Crippen LogP contribution < -0.4 is 5.32 Å². The Kier molecular flexibility index (Phi) is 4.00. The van der Waals surface area contributed by atoms with Crippen molar-refractivity contribution in [3.05, 3.63) is 28.8 Å². The van der Waals surface area contributed by atoms with Crippen molar-refractivity contribution >= 4 is 34.2 Å². The van der Waals surface area contributed by atoms with Crippen molar-refractivity contribution in [2.45, 2.75) is 38.5 Å². The van der Waals surface area contributed by atoms with E-state index in [1.165, 1.54) is 0 Å². The number of halogens is 1. The highest BCUT2D eigenvalue weighted by Gasteiger charge is 2.18. The van der Waals surface area contributed by atoms with E-state index >= 15 is 0 Å². The zero-order valence-electron chi connectivity index (χ0n) is 10.3. The summed E-state index contributed by atoms with van der Waals surface area (Å²) in [6.45, 7) is 6.39. The van der Waals surface area contributed by atoms with Gasteiger partial charge in [-0.2, -0.15) is 0 Å². The minimum atomic E-state index is 0.398. The molecule has 0 amide bonds. The summed E-state index contributed by atoms with van der Waals surface area (Å²) in [5.41, 5.74) is 2.10. The normalized spacial score (nSPS) is 24.4. The van der Waals surface area contributed by atoms with Crippen LogP contribution in [0.3, 0.4) is 0 Å². The first kappa shape index (κ1) is 12.8. The summed E-state index contributed by atoms with van der Waals surface area (Å²) < 4.78 is 0. The number of benzene rings is 1. The van der Waals surface area contributed by atoms with Crippen molar-refractivity contribution in [3.63, 3.8) is 0 Å². The van der Waals surface area contributed by atoms with Crippen molar-refractivity contribution in [2.75, 3.05) is 5.32 Å². The van der Waals surface area contributed by atoms with Gasteiger partial charge in [-0.25, -0.2) is 0 Å². The van der Waals surface area contributed by atoms with E-state index in [-0.39, 0.29) is 0 Å². The van der Waals surface area contributed by atoms with E-state index in [2.05, 4.69) is 24.2 Å². The largest absolute Gasteiger partial charge is 0.335 e. The molecule has 1 N–H and O–H groups in total. The van der Waals surface area contributed by atoms with Crippen molar-refractivity contribution in [3.8, 4) is 0 Å². The molecule has 1 aliphatic heterocycles. The highest BCUT2D eigenvalue weighted by molar-refractivity contribution is 8.14. The highest BCUT2D eigenvalue weighted by Crippen LogP contribution is 2.27. The van der Waals surface area contributed by atoms with Crippen LogP contribution in [0.4, 0.5) is 5.69 Å². The van der Waals surface area contributed by atoms with Crippen LogP contribution in [0.1, 0.15) is 25.8 Å². The van der Waals surface area contributed by atoms with Gasteiger partial charge in [0.1, 0.15) is 0 Å². The second kappa shape index (κ2) is 5.32. The maximum atomic E-state index is 6.10. The molecule has 2 rings (SSSR count). The van der Waals surface area contributed by atoms with Gasteiger partial charge in [0.15, 0.2) is 5.17 Å². The Morgan fingerprint density at radius 2 is 2.18 bits per heavy atom. The summed E-state index contributed by atoms with van der Waals surface area (Å²) in [5, 5.41) is 5.74. The quantitative estimate of drug-likeness (QED) is 0.820. The van der Waals surface area contributed by atoms with E-state index in [1.807, 2.05) is 25.1 Å². The molecule has 1 heterocycles. The van der Waals surface area contributed by atoms with Gasteiger partial charge in [-0.3, -0.25) is 4.99 Å². The topological polar surface area (TPSA) is 24.4 Å². The summed E-state index contributed by atoms with van der Waals surface area (Å²) in [6.07, 6.45) is 1.14. The van der Waals surface area contributed by atoms with E-state index in [4.69, 9.17) is 11.6 Å². The van der Waals surface area contributed by atoms with Crippen molar-refractivity contribution < 1.29 is 0 Å². The smallest absolute Gasteiger partial charge is 0.161 e. The number of nitrogens with zero attached hydrogens (tertiary/aromatic N) is 1. The number of nitrogens with one attached hydrogen (secondary N) is 1. The summed E-state index contributed by atoms with van der Waals surface area (Å²) >= 11 is 7.89. The number of aryl methyl sites for hydroxylation is 1. The molecule has 1 aliphatic rings. The predicted octanol–water partition coefficient (Wildman–Crippen LogP) is 4.33. The fourth-order valence-corrected chi connectivity index (χ4v) is 3.21. The Morgan fingerprint density at radius 3 is 2.82 bits per heavy atom. The number of amidine groups is 1. The Hall–Kier alpha value is -0.670. The molecule has 1 aromatic rings. The van der Waals surface area contributed by atoms with Crippen LogP contribution in [0.5, 0.6) is 0 Å². The fraction of sp³-hybridized carbons (Fsp3) is 0.462. The molecular formula is C13H17ClN2S. The van der Waals surface area contributed by atoms with Crippen LogP contribution in [0.2, 0.25) is 5.02 Å². The van der Waals surface area contributed by atoms with Gasteiger partial charge >= 0.3 is 0 Å².